The van der Waals surface area contributed by atoms with Gasteiger partial charge < -0.3 is 10.3 Å². The van der Waals surface area contributed by atoms with Gasteiger partial charge in [0.1, 0.15) is 11.5 Å². The summed E-state index contributed by atoms with van der Waals surface area (Å²) in [4.78, 5) is 26.5. The fraction of sp³-hybridized carbons (Fsp3) is 0.211. The van der Waals surface area contributed by atoms with Gasteiger partial charge in [-0.2, -0.15) is 18.3 Å². The zero-order chi connectivity index (χ0) is 21.3. The number of anilines is 1. The third-order valence-electron chi connectivity index (χ3n) is 4.15. The van der Waals surface area contributed by atoms with Crippen molar-refractivity contribution in [1.29, 1.82) is 0 Å². The number of alkyl halides is 3. The fourth-order valence-corrected chi connectivity index (χ4v) is 2.81. The lowest BCUT2D eigenvalue weighted by Gasteiger charge is -2.13. The molecular weight excluding hydrogens is 392 g/mol. The number of hydrogen-bond donors (Lipinski definition) is 2. The number of pyridine rings is 1. The van der Waals surface area contributed by atoms with E-state index in [1.54, 1.807) is 13.8 Å². The highest BCUT2D eigenvalue weighted by atomic mass is 19.4. The molecule has 0 bridgehead atoms. The number of H-pyrrole nitrogens is 1. The number of benzene rings is 1. The van der Waals surface area contributed by atoms with E-state index in [4.69, 9.17) is 0 Å². The maximum atomic E-state index is 13.2. The third-order valence-corrected chi connectivity index (χ3v) is 4.15. The summed E-state index contributed by atoms with van der Waals surface area (Å²) in [6, 6.07) is 6.00. The molecule has 0 saturated carbocycles. The van der Waals surface area contributed by atoms with Gasteiger partial charge in [-0.3, -0.25) is 9.59 Å². The lowest BCUT2D eigenvalue weighted by Crippen LogP contribution is -2.22. The van der Waals surface area contributed by atoms with Crippen molar-refractivity contribution in [2.24, 2.45) is 0 Å². The Labute approximate surface area is 162 Å². The number of aromatic nitrogens is 3. The average Bonchev–Trinajstić information content (AvgIpc) is 3.08. The van der Waals surface area contributed by atoms with E-state index >= 15 is 0 Å². The summed E-state index contributed by atoms with van der Waals surface area (Å²) in [6.07, 6.45) is -2.90. The van der Waals surface area contributed by atoms with Crippen molar-refractivity contribution in [3.63, 3.8) is 0 Å². The monoisotopic (exact) mass is 408 g/mol. The van der Waals surface area contributed by atoms with Crippen LogP contribution in [0.4, 0.5) is 23.2 Å². The maximum Gasteiger partial charge on any atom is 0.417 e. The van der Waals surface area contributed by atoms with Crippen LogP contribution in [-0.4, -0.2) is 20.7 Å². The summed E-state index contributed by atoms with van der Waals surface area (Å²) < 4.78 is 53.2. The van der Waals surface area contributed by atoms with Gasteiger partial charge in [-0.25, -0.2) is 9.07 Å². The van der Waals surface area contributed by atoms with Crippen molar-refractivity contribution < 1.29 is 22.4 Å². The van der Waals surface area contributed by atoms with Crippen LogP contribution in [0, 0.1) is 5.82 Å². The molecule has 0 saturated heterocycles. The molecule has 0 aliphatic heterocycles. The summed E-state index contributed by atoms with van der Waals surface area (Å²) in [5, 5.41) is 6.36. The summed E-state index contributed by atoms with van der Waals surface area (Å²) in [6.45, 7) is 3.59. The number of carbonyl (C=O) groups is 1. The van der Waals surface area contributed by atoms with Crippen LogP contribution < -0.4 is 10.9 Å². The van der Waals surface area contributed by atoms with Gasteiger partial charge in [0.2, 0.25) is 0 Å². The minimum atomic E-state index is -4.68. The molecule has 152 valence electrons. The molecule has 3 rings (SSSR count). The Morgan fingerprint density at radius 2 is 1.86 bits per heavy atom. The number of hydrogen-bond acceptors (Lipinski definition) is 3. The number of amides is 1. The van der Waals surface area contributed by atoms with E-state index < -0.39 is 34.7 Å². The zero-order valence-electron chi connectivity index (χ0n) is 15.3. The topological polar surface area (TPSA) is 79.8 Å². The molecule has 2 aromatic heterocycles. The molecule has 6 nitrogen and oxygen atoms in total. The van der Waals surface area contributed by atoms with Crippen LogP contribution in [-0.2, 0) is 6.18 Å². The van der Waals surface area contributed by atoms with Crippen LogP contribution >= 0.6 is 0 Å². The average molecular weight is 408 g/mol. The Balaban J connectivity index is 1.98. The van der Waals surface area contributed by atoms with E-state index in [2.05, 4.69) is 10.4 Å². The molecule has 0 atom stereocenters. The predicted molar refractivity (Wildman–Crippen MR) is 97.6 cm³/mol. The number of aromatic amines is 1. The molecule has 0 fully saturated rings. The minimum absolute atomic E-state index is 0.0844. The van der Waals surface area contributed by atoms with Crippen molar-refractivity contribution >= 4 is 11.6 Å². The molecule has 0 unspecified atom stereocenters. The lowest BCUT2D eigenvalue weighted by atomic mass is 10.0. The SMILES string of the molecule is CC(C)c1c(C(=O)Nc2cc(C(F)(F)F)c[nH]c2=O)cnn1-c1ccc(F)cc1. The lowest BCUT2D eigenvalue weighted by molar-refractivity contribution is -0.137. The van der Waals surface area contributed by atoms with Crippen LogP contribution in [0.1, 0.15) is 41.4 Å². The molecular formula is C19H16F4N4O2. The first-order valence-corrected chi connectivity index (χ1v) is 8.53. The van der Waals surface area contributed by atoms with Gasteiger partial charge in [-0.05, 0) is 36.2 Å². The van der Waals surface area contributed by atoms with Crippen molar-refractivity contribution in [3.05, 3.63) is 75.7 Å². The minimum Gasteiger partial charge on any atom is -0.327 e. The van der Waals surface area contributed by atoms with Gasteiger partial charge >= 0.3 is 6.18 Å². The Kier molecular flexibility index (Phi) is 5.27. The molecule has 1 amide bonds. The highest BCUT2D eigenvalue weighted by Crippen LogP contribution is 2.29. The molecule has 1 aromatic carbocycles. The van der Waals surface area contributed by atoms with E-state index in [-0.39, 0.29) is 11.5 Å². The molecule has 2 N–H and O–H groups in total. The molecule has 0 spiro atoms. The molecule has 0 radical (unpaired) electrons. The van der Waals surface area contributed by atoms with Crippen LogP contribution in [0.5, 0.6) is 0 Å². The Bertz CT molecular complexity index is 1100. The normalized spacial score (nSPS) is 11.7. The van der Waals surface area contributed by atoms with Crippen molar-refractivity contribution in [2.75, 3.05) is 5.32 Å². The molecule has 10 heteroatoms. The van der Waals surface area contributed by atoms with Gasteiger partial charge in [0, 0.05) is 6.20 Å². The summed E-state index contributed by atoms with van der Waals surface area (Å²) >= 11 is 0. The van der Waals surface area contributed by atoms with E-state index in [0.717, 1.165) is 0 Å². The first-order chi connectivity index (χ1) is 13.6. The third kappa shape index (κ3) is 4.20. The first-order valence-electron chi connectivity index (χ1n) is 8.53. The highest BCUT2D eigenvalue weighted by Gasteiger charge is 2.32. The van der Waals surface area contributed by atoms with E-state index in [0.29, 0.717) is 23.6 Å². The van der Waals surface area contributed by atoms with Crippen LogP contribution in [0.25, 0.3) is 5.69 Å². The Hall–Kier alpha value is -3.43. The van der Waals surface area contributed by atoms with E-state index in [1.165, 1.54) is 35.1 Å². The molecule has 29 heavy (non-hydrogen) atoms. The standard InChI is InChI=1S/C19H16F4N4O2/c1-10(2)16-14(9-25-27(16)13-5-3-12(20)4-6-13)17(28)26-15-7-11(19(21,22)23)8-24-18(15)29/h3-10H,1-2H3,(H,24,29)(H,26,28). The van der Waals surface area contributed by atoms with E-state index in [9.17, 15) is 27.2 Å². The van der Waals surface area contributed by atoms with Crippen LogP contribution in [0.15, 0.2) is 47.5 Å². The zero-order valence-corrected chi connectivity index (χ0v) is 15.3. The number of rotatable bonds is 4. The molecule has 0 aliphatic rings. The van der Waals surface area contributed by atoms with Gasteiger partial charge in [-0.15, -0.1) is 0 Å². The Morgan fingerprint density at radius 1 is 1.21 bits per heavy atom. The highest BCUT2D eigenvalue weighted by molar-refractivity contribution is 6.05. The number of nitrogens with zero attached hydrogens (tertiary/aromatic N) is 2. The smallest absolute Gasteiger partial charge is 0.327 e. The summed E-state index contributed by atoms with van der Waals surface area (Å²) in [7, 11) is 0. The van der Waals surface area contributed by atoms with E-state index in [1.807, 2.05) is 4.98 Å². The predicted octanol–water partition coefficient (Wildman–Crippen LogP) is 4.09. The Morgan fingerprint density at radius 3 is 2.45 bits per heavy atom. The second-order valence-electron chi connectivity index (χ2n) is 6.57. The van der Waals surface area contributed by atoms with Crippen molar-refractivity contribution in [2.45, 2.75) is 25.9 Å². The van der Waals surface area contributed by atoms with Gasteiger partial charge in [0.15, 0.2) is 0 Å². The summed E-state index contributed by atoms with van der Waals surface area (Å²) in [5.41, 5.74) is -1.46. The number of halogens is 4. The maximum absolute atomic E-state index is 13.2. The second kappa shape index (κ2) is 7.53. The van der Waals surface area contributed by atoms with Crippen molar-refractivity contribution in [1.82, 2.24) is 14.8 Å². The van der Waals surface area contributed by atoms with Gasteiger partial charge in [0.25, 0.3) is 11.5 Å². The van der Waals surface area contributed by atoms with Gasteiger partial charge in [-0.1, -0.05) is 13.8 Å². The molecule has 0 aliphatic carbocycles. The summed E-state index contributed by atoms with van der Waals surface area (Å²) in [5.74, 6) is -1.43. The first kappa shape index (κ1) is 20.3. The van der Waals surface area contributed by atoms with Gasteiger partial charge in [0.05, 0.1) is 28.7 Å². The second-order valence-corrected chi connectivity index (χ2v) is 6.57. The quantitative estimate of drug-likeness (QED) is 0.638. The molecule has 3 aromatic rings. The van der Waals surface area contributed by atoms with Crippen molar-refractivity contribution in [3.8, 4) is 5.69 Å². The number of carbonyl (C=O) groups excluding carboxylic acids is 1. The fourth-order valence-electron chi connectivity index (χ4n) is 2.81. The van der Waals surface area contributed by atoms with Crippen LogP contribution in [0.2, 0.25) is 0 Å². The van der Waals surface area contributed by atoms with Crippen LogP contribution in [0.3, 0.4) is 0 Å². The largest absolute Gasteiger partial charge is 0.417 e. The molecule has 2 heterocycles. The number of nitrogens with one attached hydrogen (secondary N) is 2.